The summed E-state index contributed by atoms with van der Waals surface area (Å²) in [4.78, 5) is 45.7. The summed E-state index contributed by atoms with van der Waals surface area (Å²) in [6, 6.07) is 26.7. The number of para-hydroxylation sites is 2. The topological polar surface area (TPSA) is 66.5 Å². The minimum absolute atomic E-state index is 0.145. The predicted octanol–water partition coefficient (Wildman–Crippen LogP) is 5.60. The summed E-state index contributed by atoms with van der Waals surface area (Å²) in [5, 5.41) is 4.92. The van der Waals surface area contributed by atoms with Crippen molar-refractivity contribution in [2.45, 2.75) is 17.5 Å². The number of nitrogens with zero attached hydrogens (tertiary/aromatic N) is 1. The summed E-state index contributed by atoms with van der Waals surface area (Å²) in [5.41, 5.74) is 2.47. The van der Waals surface area contributed by atoms with E-state index in [-0.39, 0.29) is 17.5 Å². The van der Waals surface area contributed by atoms with Gasteiger partial charge in [0, 0.05) is 16.9 Å². The molecule has 4 heterocycles. The number of nitrogens with one attached hydrogen (secondary N) is 1. The van der Waals surface area contributed by atoms with E-state index < -0.39 is 23.4 Å². The molecule has 1 spiro atoms. The van der Waals surface area contributed by atoms with Crippen LogP contribution in [0.4, 0.5) is 11.4 Å². The van der Waals surface area contributed by atoms with Gasteiger partial charge in [0.05, 0.1) is 16.8 Å². The van der Waals surface area contributed by atoms with Crippen LogP contribution in [0.25, 0.3) is 6.08 Å². The zero-order chi connectivity index (χ0) is 25.1. The number of hydrogen-bond acceptors (Lipinski definition) is 5. The lowest BCUT2D eigenvalue weighted by Crippen LogP contribution is -2.51. The van der Waals surface area contributed by atoms with E-state index in [9.17, 15) is 14.4 Å². The normalized spacial score (nSPS) is 24.9. The molecule has 3 aliphatic heterocycles. The highest BCUT2D eigenvalue weighted by molar-refractivity contribution is 7.12. The van der Waals surface area contributed by atoms with E-state index in [1.807, 2.05) is 95.2 Å². The third-order valence-electron chi connectivity index (χ3n) is 7.92. The van der Waals surface area contributed by atoms with Crippen molar-refractivity contribution < 1.29 is 14.4 Å². The molecular weight excluding hydrogens is 480 g/mol. The molecule has 0 saturated carbocycles. The molecule has 4 atom stereocenters. The van der Waals surface area contributed by atoms with Crippen LogP contribution in [0.3, 0.4) is 0 Å². The molecule has 180 valence electrons. The largest absolute Gasteiger partial charge is 0.352 e. The Kier molecular flexibility index (Phi) is 4.81. The first-order chi connectivity index (χ1) is 18.1. The summed E-state index contributed by atoms with van der Waals surface area (Å²) >= 11 is 1.36. The SMILES string of the molecule is O=C(c1cccs1)[C@@H]1[C@H](C(=O)c2ccccc2)[C@@]2(C(=O)Nc3ccccc32)[C@@H]2C=Cc3ccccc3N12. The van der Waals surface area contributed by atoms with E-state index in [2.05, 4.69) is 5.32 Å². The van der Waals surface area contributed by atoms with Crippen molar-refractivity contribution >= 4 is 46.3 Å². The molecule has 0 aliphatic carbocycles. The van der Waals surface area contributed by atoms with Crippen LogP contribution in [0, 0.1) is 5.92 Å². The second-order valence-electron chi connectivity index (χ2n) is 9.63. The second-order valence-corrected chi connectivity index (χ2v) is 10.6. The lowest BCUT2D eigenvalue weighted by Gasteiger charge is -2.37. The highest BCUT2D eigenvalue weighted by Crippen LogP contribution is 2.58. The first-order valence-electron chi connectivity index (χ1n) is 12.3. The standard InChI is InChI=1S/C31H22N2O3S/c34-28(20-10-2-1-3-11-20)26-27(29(35)24-15-8-18-37-24)33-23-14-7-4-9-19(23)16-17-25(33)31(26)21-12-5-6-13-22(21)32-30(31)36/h1-18,25-27H,(H,32,36)/t25-,26+,27-,31-/m0/s1. The number of Topliss-reactive ketones (excluding diaryl/α,β-unsaturated/α-hetero) is 2. The molecule has 5 nitrogen and oxygen atoms in total. The maximum Gasteiger partial charge on any atom is 0.238 e. The van der Waals surface area contributed by atoms with Gasteiger partial charge in [-0.2, -0.15) is 0 Å². The second kappa shape index (κ2) is 8.11. The maximum atomic E-state index is 14.5. The number of anilines is 2. The minimum atomic E-state index is -1.27. The molecule has 4 aromatic rings. The van der Waals surface area contributed by atoms with Crippen molar-refractivity contribution in [3.8, 4) is 0 Å². The first kappa shape index (κ1) is 21.9. The average molecular weight is 503 g/mol. The van der Waals surface area contributed by atoms with Gasteiger partial charge < -0.3 is 10.2 Å². The maximum absolute atomic E-state index is 14.5. The van der Waals surface area contributed by atoms with Gasteiger partial charge in [-0.1, -0.05) is 84.9 Å². The fourth-order valence-electron chi connectivity index (χ4n) is 6.47. The Morgan fingerprint density at radius 3 is 2.41 bits per heavy atom. The van der Waals surface area contributed by atoms with E-state index >= 15 is 0 Å². The third-order valence-corrected chi connectivity index (χ3v) is 8.80. The van der Waals surface area contributed by atoms with E-state index in [1.54, 1.807) is 18.2 Å². The zero-order valence-electron chi connectivity index (χ0n) is 19.7. The van der Waals surface area contributed by atoms with Crippen molar-refractivity contribution in [2.75, 3.05) is 10.2 Å². The molecule has 7 rings (SSSR count). The highest BCUT2D eigenvalue weighted by Gasteiger charge is 2.70. The van der Waals surface area contributed by atoms with E-state index in [0.717, 1.165) is 16.8 Å². The number of rotatable bonds is 4. The molecule has 3 aromatic carbocycles. The lowest BCUT2D eigenvalue weighted by atomic mass is 9.64. The Hall–Kier alpha value is -4.29. The van der Waals surface area contributed by atoms with Gasteiger partial charge in [0.25, 0.3) is 0 Å². The van der Waals surface area contributed by atoms with Gasteiger partial charge in [0.1, 0.15) is 11.5 Å². The molecule has 3 aliphatic rings. The number of hydrogen-bond donors (Lipinski definition) is 1. The number of carbonyl (C=O) groups excluding carboxylic acids is 3. The van der Waals surface area contributed by atoms with Crippen molar-refractivity contribution in [1.29, 1.82) is 0 Å². The van der Waals surface area contributed by atoms with Gasteiger partial charge in [0.2, 0.25) is 5.91 Å². The fourth-order valence-corrected chi connectivity index (χ4v) is 7.16. The van der Waals surface area contributed by atoms with Gasteiger partial charge >= 0.3 is 0 Å². The molecule has 1 amide bonds. The number of ketones is 2. The lowest BCUT2D eigenvalue weighted by molar-refractivity contribution is -0.121. The molecule has 0 bridgehead atoms. The molecule has 0 radical (unpaired) electrons. The van der Waals surface area contributed by atoms with Crippen LogP contribution in [-0.2, 0) is 10.2 Å². The average Bonchev–Trinajstić information content (AvgIpc) is 3.65. The highest BCUT2D eigenvalue weighted by atomic mass is 32.1. The molecule has 6 heteroatoms. The van der Waals surface area contributed by atoms with Crippen LogP contribution in [0.2, 0.25) is 0 Å². The van der Waals surface area contributed by atoms with Gasteiger partial charge in [-0.3, -0.25) is 14.4 Å². The monoisotopic (exact) mass is 502 g/mol. The zero-order valence-corrected chi connectivity index (χ0v) is 20.5. The third kappa shape index (κ3) is 2.93. The fraction of sp³-hybridized carbons (Fsp3) is 0.129. The molecule has 1 saturated heterocycles. The van der Waals surface area contributed by atoms with Crippen LogP contribution < -0.4 is 10.2 Å². The quantitative estimate of drug-likeness (QED) is 0.369. The van der Waals surface area contributed by atoms with Gasteiger partial charge in [-0.15, -0.1) is 11.3 Å². The molecule has 1 aromatic heterocycles. The van der Waals surface area contributed by atoms with Crippen molar-refractivity contribution in [3.05, 3.63) is 124 Å². The van der Waals surface area contributed by atoms with Gasteiger partial charge in [-0.25, -0.2) is 0 Å². The van der Waals surface area contributed by atoms with Crippen molar-refractivity contribution in [1.82, 2.24) is 0 Å². The Morgan fingerprint density at radius 1 is 0.838 bits per heavy atom. The van der Waals surface area contributed by atoms with Gasteiger partial charge in [0.15, 0.2) is 11.6 Å². The molecule has 0 unspecified atom stereocenters. The Bertz CT molecular complexity index is 1590. The molecule has 1 N–H and O–H groups in total. The molecule has 37 heavy (non-hydrogen) atoms. The Balaban J connectivity index is 1.55. The first-order valence-corrected chi connectivity index (χ1v) is 13.1. The summed E-state index contributed by atoms with van der Waals surface area (Å²) in [6.07, 6.45) is 4.01. The van der Waals surface area contributed by atoms with Crippen LogP contribution >= 0.6 is 11.3 Å². The Morgan fingerprint density at radius 2 is 1.59 bits per heavy atom. The van der Waals surface area contributed by atoms with Crippen LogP contribution in [0.5, 0.6) is 0 Å². The van der Waals surface area contributed by atoms with E-state index in [4.69, 9.17) is 0 Å². The number of thiophene rings is 1. The summed E-state index contributed by atoms with van der Waals surface area (Å²) < 4.78 is 0. The van der Waals surface area contributed by atoms with E-state index in [1.165, 1.54) is 11.3 Å². The summed E-state index contributed by atoms with van der Waals surface area (Å²) in [5.74, 6) is -1.53. The van der Waals surface area contributed by atoms with Crippen LogP contribution in [-0.4, -0.2) is 29.6 Å². The van der Waals surface area contributed by atoms with Crippen LogP contribution in [0.15, 0.2) is 102 Å². The van der Waals surface area contributed by atoms with Crippen molar-refractivity contribution in [2.24, 2.45) is 5.92 Å². The van der Waals surface area contributed by atoms with E-state index in [0.29, 0.717) is 16.1 Å². The minimum Gasteiger partial charge on any atom is -0.352 e. The number of benzene rings is 3. The summed E-state index contributed by atoms with van der Waals surface area (Å²) in [7, 11) is 0. The number of fused-ring (bicyclic) bond motifs is 6. The van der Waals surface area contributed by atoms with Gasteiger partial charge in [-0.05, 0) is 34.7 Å². The van der Waals surface area contributed by atoms with Crippen molar-refractivity contribution in [3.63, 3.8) is 0 Å². The molecule has 1 fully saturated rings. The number of amides is 1. The predicted molar refractivity (Wildman–Crippen MR) is 145 cm³/mol. The smallest absolute Gasteiger partial charge is 0.238 e. The number of carbonyl (C=O) groups is 3. The molecular formula is C31H22N2O3S. The summed E-state index contributed by atoms with van der Waals surface area (Å²) in [6.45, 7) is 0. The van der Waals surface area contributed by atoms with Crippen LogP contribution in [0.1, 0.15) is 31.2 Å². The Labute approximate surface area is 218 Å².